The van der Waals surface area contributed by atoms with Crippen molar-refractivity contribution in [2.24, 2.45) is 14.1 Å². The van der Waals surface area contributed by atoms with Crippen LogP contribution in [0.2, 0.25) is 0 Å². The zero-order valence-corrected chi connectivity index (χ0v) is 13.2. The summed E-state index contributed by atoms with van der Waals surface area (Å²) < 4.78 is 28.6. The molecular formula is C16H12F2N4O3. The second-order valence-corrected chi connectivity index (χ2v) is 5.38. The minimum Gasteiger partial charge on any atom is -0.319 e. The maximum atomic E-state index is 13.6. The lowest BCUT2D eigenvalue weighted by Crippen LogP contribution is -2.37. The van der Waals surface area contributed by atoms with Crippen LogP contribution in [0.1, 0.15) is 10.4 Å². The van der Waals surface area contributed by atoms with Crippen molar-refractivity contribution in [3.8, 4) is 0 Å². The number of pyridine rings is 1. The van der Waals surface area contributed by atoms with Crippen LogP contribution in [0.15, 0.2) is 40.1 Å². The Morgan fingerprint density at radius 3 is 2.52 bits per heavy atom. The van der Waals surface area contributed by atoms with Gasteiger partial charge in [-0.2, -0.15) is 0 Å². The van der Waals surface area contributed by atoms with E-state index in [0.717, 1.165) is 22.9 Å². The lowest BCUT2D eigenvalue weighted by atomic mass is 10.2. The summed E-state index contributed by atoms with van der Waals surface area (Å²) in [5.74, 6) is -2.43. The Morgan fingerprint density at radius 1 is 1.12 bits per heavy atom. The van der Waals surface area contributed by atoms with Gasteiger partial charge in [-0.3, -0.25) is 18.7 Å². The van der Waals surface area contributed by atoms with Gasteiger partial charge in [0.05, 0.1) is 16.6 Å². The van der Waals surface area contributed by atoms with E-state index >= 15 is 0 Å². The van der Waals surface area contributed by atoms with Gasteiger partial charge in [0.2, 0.25) is 0 Å². The number of anilines is 1. The lowest BCUT2D eigenvalue weighted by molar-refractivity contribution is 0.102. The summed E-state index contributed by atoms with van der Waals surface area (Å²) in [6.07, 6.45) is 1.16. The van der Waals surface area contributed by atoms with Crippen LogP contribution in [-0.2, 0) is 14.1 Å². The molecule has 128 valence electrons. The Bertz CT molecular complexity index is 1130. The van der Waals surface area contributed by atoms with Crippen molar-refractivity contribution in [2.75, 3.05) is 5.32 Å². The molecule has 7 nitrogen and oxygen atoms in total. The largest absolute Gasteiger partial charge is 0.332 e. The van der Waals surface area contributed by atoms with Gasteiger partial charge in [-0.1, -0.05) is 0 Å². The van der Waals surface area contributed by atoms with Crippen molar-refractivity contribution in [3.63, 3.8) is 0 Å². The van der Waals surface area contributed by atoms with Crippen LogP contribution in [0.3, 0.4) is 0 Å². The minimum atomic E-state index is -0.930. The zero-order valence-electron chi connectivity index (χ0n) is 13.2. The molecule has 0 fully saturated rings. The van der Waals surface area contributed by atoms with Crippen molar-refractivity contribution in [1.29, 1.82) is 0 Å². The molecule has 1 N–H and O–H groups in total. The molecule has 0 atom stereocenters. The smallest absolute Gasteiger partial charge is 0.319 e. The number of nitrogens with zero attached hydrogens (tertiary/aromatic N) is 3. The predicted octanol–water partition coefficient (Wildman–Crippen LogP) is 1.16. The molecule has 0 spiro atoms. The van der Waals surface area contributed by atoms with Gasteiger partial charge in [-0.15, -0.1) is 0 Å². The van der Waals surface area contributed by atoms with E-state index in [0.29, 0.717) is 6.07 Å². The first-order chi connectivity index (χ1) is 11.8. The van der Waals surface area contributed by atoms with Gasteiger partial charge in [0.25, 0.3) is 11.5 Å². The summed E-state index contributed by atoms with van der Waals surface area (Å²) in [5, 5.41) is 2.35. The van der Waals surface area contributed by atoms with E-state index in [4.69, 9.17) is 0 Å². The van der Waals surface area contributed by atoms with E-state index in [9.17, 15) is 23.2 Å². The molecule has 2 heterocycles. The highest BCUT2D eigenvalue weighted by atomic mass is 19.1. The van der Waals surface area contributed by atoms with Gasteiger partial charge in [-0.05, 0) is 18.2 Å². The molecule has 0 bridgehead atoms. The number of fused-ring (bicyclic) bond motifs is 1. The number of carbonyl (C=O) groups is 1. The highest BCUT2D eigenvalue weighted by Crippen LogP contribution is 2.16. The topological polar surface area (TPSA) is 86.0 Å². The number of amides is 1. The molecule has 0 aliphatic heterocycles. The Morgan fingerprint density at radius 2 is 1.84 bits per heavy atom. The first kappa shape index (κ1) is 16.5. The van der Waals surface area contributed by atoms with Gasteiger partial charge in [0, 0.05) is 26.4 Å². The fraction of sp³-hybridized carbons (Fsp3) is 0.125. The molecule has 1 amide bonds. The average Bonchev–Trinajstić information content (AvgIpc) is 2.60. The summed E-state index contributed by atoms with van der Waals surface area (Å²) in [6, 6.07) is 3.99. The van der Waals surface area contributed by atoms with E-state index in [-0.39, 0.29) is 22.3 Å². The number of halogens is 2. The number of aromatic nitrogens is 3. The maximum Gasteiger partial charge on any atom is 0.332 e. The molecule has 9 heteroatoms. The molecular weight excluding hydrogens is 334 g/mol. The molecule has 0 aliphatic rings. The molecule has 25 heavy (non-hydrogen) atoms. The van der Waals surface area contributed by atoms with Gasteiger partial charge >= 0.3 is 5.69 Å². The molecule has 0 radical (unpaired) electrons. The molecule has 0 saturated carbocycles. The quantitative estimate of drug-likeness (QED) is 0.755. The third-order valence-corrected chi connectivity index (χ3v) is 3.73. The normalized spacial score (nSPS) is 10.9. The number of hydrogen-bond acceptors (Lipinski definition) is 4. The zero-order chi connectivity index (χ0) is 18.3. The van der Waals surface area contributed by atoms with Gasteiger partial charge < -0.3 is 5.32 Å². The summed E-state index contributed by atoms with van der Waals surface area (Å²) in [7, 11) is 2.76. The highest BCUT2D eigenvalue weighted by Gasteiger charge is 2.15. The number of hydrogen-bond donors (Lipinski definition) is 1. The van der Waals surface area contributed by atoms with Gasteiger partial charge in [0.1, 0.15) is 17.3 Å². The van der Waals surface area contributed by atoms with Crippen molar-refractivity contribution in [1.82, 2.24) is 14.1 Å². The molecule has 0 unspecified atom stereocenters. The third kappa shape index (κ3) is 2.80. The van der Waals surface area contributed by atoms with Crippen molar-refractivity contribution in [3.05, 3.63) is 68.5 Å². The molecule has 2 aromatic heterocycles. The standard InChI is InChI=1S/C16H12F2N4O3/c1-21-13-10(15(24)22(2)16(21)25)5-8(7-19-13)14(23)20-12-4-3-9(17)6-11(12)18/h3-7H,1-2H3,(H,20,23). The number of benzene rings is 1. The maximum absolute atomic E-state index is 13.6. The molecule has 0 saturated heterocycles. The van der Waals surface area contributed by atoms with Gasteiger partial charge in [-0.25, -0.2) is 18.6 Å². The number of rotatable bonds is 2. The average molecular weight is 346 g/mol. The summed E-state index contributed by atoms with van der Waals surface area (Å²) in [6.45, 7) is 0. The van der Waals surface area contributed by atoms with E-state index in [1.165, 1.54) is 24.7 Å². The predicted molar refractivity (Wildman–Crippen MR) is 86.5 cm³/mol. The molecule has 3 aromatic rings. The Hall–Kier alpha value is -3.36. The monoisotopic (exact) mass is 346 g/mol. The lowest BCUT2D eigenvalue weighted by Gasteiger charge is -2.09. The van der Waals surface area contributed by atoms with Crippen LogP contribution in [0.5, 0.6) is 0 Å². The van der Waals surface area contributed by atoms with Crippen LogP contribution in [-0.4, -0.2) is 20.0 Å². The fourth-order valence-corrected chi connectivity index (χ4v) is 2.37. The van der Waals surface area contributed by atoms with Crippen LogP contribution in [0.4, 0.5) is 14.5 Å². The van der Waals surface area contributed by atoms with Crippen LogP contribution < -0.4 is 16.6 Å². The second kappa shape index (κ2) is 5.93. The third-order valence-electron chi connectivity index (χ3n) is 3.73. The molecule has 1 aromatic carbocycles. The SMILES string of the molecule is Cn1c(=O)c2cc(C(=O)Nc3ccc(F)cc3F)cnc2n(C)c1=O. The van der Waals surface area contributed by atoms with Crippen LogP contribution in [0, 0.1) is 11.6 Å². The fourth-order valence-electron chi connectivity index (χ4n) is 2.37. The van der Waals surface area contributed by atoms with Crippen LogP contribution in [0.25, 0.3) is 11.0 Å². The second-order valence-electron chi connectivity index (χ2n) is 5.38. The van der Waals surface area contributed by atoms with Crippen molar-refractivity contribution in [2.45, 2.75) is 0 Å². The number of aryl methyl sites for hydroxylation is 1. The van der Waals surface area contributed by atoms with Gasteiger partial charge in [0.15, 0.2) is 0 Å². The van der Waals surface area contributed by atoms with E-state index in [1.807, 2.05) is 0 Å². The Labute approximate surface area is 139 Å². The molecule has 0 aliphatic carbocycles. The summed E-state index contributed by atoms with van der Waals surface area (Å²) in [4.78, 5) is 40.3. The van der Waals surface area contributed by atoms with Crippen molar-refractivity contribution < 1.29 is 13.6 Å². The highest BCUT2D eigenvalue weighted by molar-refractivity contribution is 6.05. The molecule has 3 rings (SSSR count). The van der Waals surface area contributed by atoms with E-state index < -0.39 is 28.8 Å². The van der Waals surface area contributed by atoms with E-state index in [2.05, 4.69) is 10.3 Å². The first-order valence-corrected chi connectivity index (χ1v) is 7.12. The minimum absolute atomic E-state index is 0.00743. The number of nitrogens with one attached hydrogen (secondary N) is 1. The first-order valence-electron chi connectivity index (χ1n) is 7.12. The van der Waals surface area contributed by atoms with Crippen molar-refractivity contribution >= 4 is 22.6 Å². The summed E-state index contributed by atoms with van der Waals surface area (Å²) >= 11 is 0. The van der Waals surface area contributed by atoms with Crippen LogP contribution >= 0.6 is 0 Å². The van der Waals surface area contributed by atoms with E-state index in [1.54, 1.807) is 0 Å². The number of carbonyl (C=O) groups excluding carboxylic acids is 1. The Kier molecular flexibility index (Phi) is 3.91. The summed E-state index contributed by atoms with van der Waals surface area (Å²) in [5.41, 5.74) is -1.24. The Balaban J connectivity index is 2.06.